The highest BCUT2D eigenvalue weighted by Gasteiger charge is 2.14. The molecule has 1 amide bonds. The molecule has 0 aliphatic heterocycles. The van der Waals surface area contributed by atoms with Crippen molar-refractivity contribution in [3.8, 4) is 0 Å². The van der Waals surface area contributed by atoms with Crippen molar-refractivity contribution >= 4 is 27.6 Å². The number of rotatable bonds is 4. The van der Waals surface area contributed by atoms with Crippen molar-refractivity contribution in [2.24, 2.45) is 0 Å². The van der Waals surface area contributed by atoms with E-state index in [2.05, 4.69) is 4.98 Å². The van der Waals surface area contributed by atoms with Crippen LogP contribution in [0.1, 0.15) is 16.1 Å². The number of carbonyl (C=O) groups is 1. The standard InChI is InChI=1S/C18H18N2O2S/c1-20(12-13-7-9-15(10-8-13)23(2)22)18(21)17-11-14-5-3-4-6-16(14)19-17/h3-11,19H,12H2,1-2H3/t23-/m1/s1. The Kier molecular flexibility index (Phi) is 4.30. The predicted octanol–water partition coefficient (Wildman–Crippen LogP) is 3.18. The van der Waals surface area contributed by atoms with Gasteiger partial charge in [-0.05, 0) is 29.8 Å². The molecule has 1 heterocycles. The Bertz CT molecular complexity index is 835. The van der Waals surface area contributed by atoms with Gasteiger partial charge in [0.2, 0.25) is 0 Å². The van der Waals surface area contributed by atoms with E-state index in [0.29, 0.717) is 12.2 Å². The maximum absolute atomic E-state index is 12.5. The molecule has 0 bridgehead atoms. The summed E-state index contributed by atoms with van der Waals surface area (Å²) in [6, 6.07) is 17.2. The fourth-order valence-corrected chi connectivity index (χ4v) is 3.05. The highest BCUT2D eigenvalue weighted by Crippen LogP contribution is 2.17. The van der Waals surface area contributed by atoms with Crippen LogP contribution in [0.25, 0.3) is 10.9 Å². The van der Waals surface area contributed by atoms with Gasteiger partial charge in [-0.1, -0.05) is 30.3 Å². The number of fused-ring (bicyclic) bond motifs is 1. The molecule has 3 rings (SSSR count). The third kappa shape index (κ3) is 3.35. The van der Waals surface area contributed by atoms with E-state index in [4.69, 9.17) is 0 Å². The van der Waals surface area contributed by atoms with E-state index in [9.17, 15) is 9.00 Å². The SMILES string of the molecule is CN(Cc1ccc([S@@](C)=O)cc1)C(=O)c1cc2ccccc2[nH]1. The van der Waals surface area contributed by atoms with Gasteiger partial charge in [-0.25, -0.2) is 0 Å². The van der Waals surface area contributed by atoms with Gasteiger partial charge in [0.25, 0.3) is 5.91 Å². The quantitative estimate of drug-likeness (QED) is 0.800. The summed E-state index contributed by atoms with van der Waals surface area (Å²) in [4.78, 5) is 18.2. The molecule has 23 heavy (non-hydrogen) atoms. The van der Waals surface area contributed by atoms with Crippen LogP contribution >= 0.6 is 0 Å². The number of amides is 1. The highest BCUT2D eigenvalue weighted by molar-refractivity contribution is 7.84. The van der Waals surface area contributed by atoms with Gasteiger partial charge < -0.3 is 9.88 Å². The number of aromatic amines is 1. The van der Waals surface area contributed by atoms with Crippen molar-refractivity contribution in [2.45, 2.75) is 11.4 Å². The van der Waals surface area contributed by atoms with Crippen molar-refractivity contribution in [1.29, 1.82) is 0 Å². The molecule has 5 heteroatoms. The number of H-pyrrole nitrogens is 1. The predicted molar refractivity (Wildman–Crippen MR) is 92.9 cm³/mol. The van der Waals surface area contributed by atoms with Crippen LogP contribution in [-0.4, -0.2) is 33.3 Å². The lowest BCUT2D eigenvalue weighted by Crippen LogP contribution is -2.26. The van der Waals surface area contributed by atoms with E-state index in [0.717, 1.165) is 21.4 Å². The van der Waals surface area contributed by atoms with Crippen LogP contribution in [0.3, 0.4) is 0 Å². The Hall–Kier alpha value is -2.40. The number of hydrogen-bond acceptors (Lipinski definition) is 2. The molecule has 1 aromatic heterocycles. The molecule has 0 fully saturated rings. The van der Waals surface area contributed by atoms with Crippen molar-refractivity contribution in [3.63, 3.8) is 0 Å². The van der Waals surface area contributed by atoms with Crippen molar-refractivity contribution < 1.29 is 9.00 Å². The van der Waals surface area contributed by atoms with Crippen LogP contribution in [0, 0.1) is 0 Å². The summed E-state index contributed by atoms with van der Waals surface area (Å²) in [7, 11) is 0.794. The molecule has 2 aromatic carbocycles. The second-order valence-corrected chi connectivity index (χ2v) is 6.91. The molecular weight excluding hydrogens is 308 g/mol. The summed E-state index contributed by atoms with van der Waals surface area (Å²) >= 11 is 0. The number of para-hydroxylation sites is 1. The summed E-state index contributed by atoms with van der Waals surface area (Å²) in [5.74, 6) is -0.0515. The first-order valence-electron chi connectivity index (χ1n) is 7.30. The molecule has 0 radical (unpaired) electrons. The minimum absolute atomic E-state index is 0.0515. The van der Waals surface area contributed by atoms with Crippen molar-refractivity contribution in [1.82, 2.24) is 9.88 Å². The lowest BCUT2D eigenvalue weighted by atomic mass is 10.2. The topological polar surface area (TPSA) is 53.2 Å². The molecule has 118 valence electrons. The minimum atomic E-state index is -0.983. The summed E-state index contributed by atoms with van der Waals surface area (Å²) < 4.78 is 11.4. The van der Waals surface area contributed by atoms with Crippen LogP contribution in [0.15, 0.2) is 59.5 Å². The number of hydrogen-bond donors (Lipinski definition) is 1. The van der Waals surface area contributed by atoms with Crippen molar-refractivity contribution in [2.75, 3.05) is 13.3 Å². The monoisotopic (exact) mass is 326 g/mol. The van der Waals surface area contributed by atoms with E-state index >= 15 is 0 Å². The molecule has 4 nitrogen and oxygen atoms in total. The molecule has 1 atom stereocenters. The van der Waals surface area contributed by atoms with E-state index < -0.39 is 10.8 Å². The third-order valence-electron chi connectivity index (χ3n) is 3.78. The maximum Gasteiger partial charge on any atom is 0.270 e. The van der Waals surface area contributed by atoms with E-state index in [1.54, 1.807) is 18.2 Å². The zero-order valence-electron chi connectivity index (χ0n) is 13.1. The van der Waals surface area contributed by atoms with E-state index in [1.165, 1.54) is 0 Å². The zero-order valence-corrected chi connectivity index (χ0v) is 13.9. The molecule has 0 aliphatic carbocycles. The average Bonchev–Trinajstić information content (AvgIpc) is 2.98. The maximum atomic E-state index is 12.5. The van der Waals surface area contributed by atoms with Gasteiger partial charge in [-0.2, -0.15) is 0 Å². The molecule has 0 saturated carbocycles. The van der Waals surface area contributed by atoms with Gasteiger partial charge in [0.15, 0.2) is 0 Å². The number of aromatic nitrogens is 1. The summed E-state index contributed by atoms with van der Waals surface area (Å²) in [5.41, 5.74) is 2.55. The zero-order chi connectivity index (χ0) is 16.4. The Labute approximate surface area is 137 Å². The van der Waals surface area contributed by atoms with Gasteiger partial charge in [0, 0.05) is 46.4 Å². The van der Waals surface area contributed by atoms with Crippen LogP contribution in [0.4, 0.5) is 0 Å². The average molecular weight is 326 g/mol. The van der Waals surface area contributed by atoms with Gasteiger partial charge in [0.05, 0.1) is 0 Å². The minimum Gasteiger partial charge on any atom is -0.351 e. The Morgan fingerprint density at radius 3 is 2.48 bits per heavy atom. The van der Waals surface area contributed by atoms with Crippen LogP contribution in [0.2, 0.25) is 0 Å². The number of carbonyl (C=O) groups excluding carboxylic acids is 1. The molecule has 0 spiro atoms. The molecule has 0 unspecified atom stereocenters. The smallest absolute Gasteiger partial charge is 0.270 e. The number of nitrogens with one attached hydrogen (secondary N) is 1. The van der Waals surface area contributed by atoms with E-state index in [1.807, 2.05) is 54.6 Å². The normalized spacial score (nSPS) is 12.3. The molecule has 3 aromatic rings. The Balaban J connectivity index is 1.75. The van der Waals surface area contributed by atoms with Gasteiger partial charge >= 0.3 is 0 Å². The number of nitrogens with zero attached hydrogens (tertiary/aromatic N) is 1. The molecular formula is C18H18N2O2S. The second-order valence-electron chi connectivity index (χ2n) is 5.53. The largest absolute Gasteiger partial charge is 0.351 e. The van der Waals surface area contributed by atoms with Gasteiger partial charge in [-0.3, -0.25) is 9.00 Å². The van der Waals surface area contributed by atoms with Gasteiger partial charge in [-0.15, -0.1) is 0 Å². The molecule has 0 aliphatic rings. The molecule has 0 saturated heterocycles. The van der Waals surface area contributed by atoms with E-state index in [-0.39, 0.29) is 5.91 Å². The fourth-order valence-electron chi connectivity index (χ4n) is 2.53. The lowest BCUT2D eigenvalue weighted by Gasteiger charge is -2.16. The van der Waals surface area contributed by atoms with Crippen LogP contribution in [-0.2, 0) is 17.3 Å². The Morgan fingerprint density at radius 1 is 1.13 bits per heavy atom. The second kappa shape index (κ2) is 6.38. The fraction of sp³-hybridized carbons (Fsp3) is 0.167. The summed E-state index contributed by atoms with van der Waals surface area (Å²) in [5, 5.41) is 1.03. The van der Waals surface area contributed by atoms with Crippen molar-refractivity contribution in [3.05, 3.63) is 65.9 Å². The number of benzene rings is 2. The molecule has 1 N–H and O–H groups in total. The first-order chi connectivity index (χ1) is 11.0. The van der Waals surface area contributed by atoms with Gasteiger partial charge in [0.1, 0.15) is 5.69 Å². The van der Waals surface area contributed by atoms with Crippen LogP contribution < -0.4 is 0 Å². The lowest BCUT2D eigenvalue weighted by molar-refractivity contribution is 0.0780. The third-order valence-corrected chi connectivity index (χ3v) is 4.72. The summed E-state index contributed by atoms with van der Waals surface area (Å²) in [6.07, 6.45) is 1.65. The highest BCUT2D eigenvalue weighted by atomic mass is 32.2. The Morgan fingerprint density at radius 2 is 1.83 bits per heavy atom. The first-order valence-corrected chi connectivity index (χ1v) is 8.86. The van der Waals surface area contributed by atoms with Crippen LogP contribution in [0.5, 0.6) is 0 Å². The first kappa shape index (κ1) is 15.5. The summed E-state index contributed by atoms with van der Waals surface area (Å²) in [6.45, 7) is 0.505.